The Balaban J connectivity index is 1.38. The maximum Gasteiger partial charge on any atom is 0.349 e. The van der Waals surface area contributed by atoms with Crippen LogP contribution in [-0.2, 0) is 6.54 Å². The second kappa shape index (κ2) is 8.36. The van der Waals surface area contributed by atoms with E-state index in [2.05, 4.69) is 16.0 Å². The summed E-state index contributed by atoms with van der Waals surface area (Å²) in [7, 11) is 0. The minimum Gasteiger partial charge on any atom is -0.467 e. The minimum atomic E-state index is -0.710. The first-order valence-corrected chi connectivity index (χ1v) is 9.10. The summed E-state index contributed by atoms with van der Waals surface area (Å²) in [5.74, 6) is 0.0628. The zero-order valence-corrected chi connectivity index (χ0v) is 15.7. The second-order valence-electron chi connectivity index (χ2n) is 6.40. The van der Waals surface area contributed by atoms with E-state index in [4.69, 9.17) is 8.83 Å². The van der Waals surface area contributed by atoms with Crippen molar-refractivity contribution in [2.45, 2.75) is 6.54 Å². The van der Waals surface area contributed by atoms with Crippen molar-refractivity contribution in [3.8, 4) is 0 Å². The van der Waals surface area contributed by atoms with Crippen molar-refractivity contribution < 1.29 is 18.4 Å². The van der Waals surface area contributed by atoms with Gasteiger partial charge < -0.3 is 24.8 Å². The van der Waals surface area contributed by atoms with E-state index in [1.54, 1.807) is 60.7 Å². The second-order valence-corrected chi connectivity index (χ2v) is 6.40. The van der Waals surface area contributed by atoms with Gasteiger partial charge in [0, 0.05) is 16.8 Å². The lowest BCUT2D eigenvalue weighted by molar-refractivity contribution is 0.102. The zero-order chi connectivity index (χ0) is 20.9. The van der Waals surface area contributed by atoms with E-state index < -0.39 is 17.6 Å². The molecule has 2 heterocycles. The number of hydrogen-bond donors (Lipinski definition) is 3. The molecule has 0 saturated heterocycles. The molecule has 4 aromatic rings. The van der Waals surface area contributed by atoms with Crippen molar-refractivity contribution in [3.63, 3.8) is 0 Å². The number of benzene rings is 2. The van der Waals surface area contributed by atoms with Gasteiger partial charge >= 0.3 is 11.7 Å². The van der Waals surface area contributed by atoms with Gasteiger partial charge in [0.25, 0.3) is 5.91 Å². The van der Waals surface area contributed by atoms with Crippen LogP contribution >= 0.6 is 0 Å². The number of fused-ring (bicyclic) bond motifs is 1. The molecule has 8 heteroatoms. The molecule has 30 heavy (non-hydrogen) atoms. The van der Waals surface area contributed by atoms with Crippen LogP contribution in [0.1, 0.15) is 16.1 Å². The third-order valence-corrected chi connectivity index (χ3v) is 4.29. The average molecular weight is 403 g/mol. The molecule has 0 atom stereocenters. The van der Waals surface area contributed by atoms with Gasteiger partial charge in [0.2, 0.25) is 0 Å². The lowest BCUT2D eigenvalue weighted by Gasteiger charge is -2.08. The lowest BCUT2D eigenvalue weighted by atomic mass is 10.1. The molecule has 0 radical (unpaired) electrons. The smallest absolute Gasteiger partial charge is 0.349 e. The Bertz CT molecular complexity index is 1240. The molecule has 2 aromatic carbocycles. The van der Waals surface area contributed by atoms with Crippen LogP contribution in [0.25, 0.3) is 11.0 Å². The lowest BCUT2D eigenvalue weighted by Crippen LogP contribution is -2.28. The molecule has 2 aromatic heterocycles. The van der Waals surface area contributed by atoms with Crippen LogP contribution in [0.3, 0.4) is 0 Å². The first-order chi connectivity index (χ1) is 14.6. The van der Waals surface area contributed by atoms with E-state index in [1.165, 1.54) is 12.3 Å². The molecule has 0 aliphatic rings. The predicted molar refractivity (Wildman–Crippen MR) is 111 cm³/mol. The van der Waals surface area contributed by atoms with Crippen LogP contribution in [0.5, 0.6) is 0 Å². The SMILES string of the molecule is O=C(NCc1ccco1)Nc1ccc(NC(=O)c2cc3ccccc3oc2=O)cc1. The van der Waals surface area contributed by atoms with Crippen LogP contribution in [0.4, 0.5) is 16.2 Å². The standard InChI is InChI=1S/C22H17N3O5/c26-20(18-12-14-4-1-2-6-19(14)30-21(18)27)24-15-7-9-16(10-8-15)25-22(28)23-13-17-5-3-11-29-17/h1-12H,13H2,(H,24,26)(H2,23,25,28). The Morgan fingerprint density at radius 3 is 2.33 bits per heavy atom. The summed E-state index contributed by atoms with van der Waals surface area (Å²) in [4.78, 5) is 36.5. The van der Waals surface area contributed by atoms with Crippen molar-refractivity contribution in [1.29, 1.82) is 0 Å². The Kier molecular flexibility index (Phi) is 5.29. The predicted octanol–water partition coefficient (Wildman–Crippen LogP) is 3.96. The molecule has 3 N–H and O–H groups in total. The summed E-state index contributed by atoms with van der Waals surface area (Å²) in [6.45, 7) is 0.265. The number of para-hydroxylation sites is 1. The Labute approximate surface area is 170 Å². The maximum atomic E-state index is 12.5. The fourth-order valence-electron chi connectivity index (χ4n) is 2.81. The highest BCUT2D eigenvalue weighted by molar-refractivity contribution is 6.05. The Hall–Kier alpha value is -4.33. The highest BCUT2D eigenvalue weighted by atomic mass is 16.4. The van der Waals surface area contributed by atoms with Crippen molar-refractivity contribution in [2.75, 3.05) is 10.6 Å². The molecule has 150 valence electrons. The first-order valence-electron chi connectivity index (χ1n) is 9.10. The van der Waals surface area contributed by atoms with Crippen LogP contribution in [0.2, 0.25) is 0 Å². The zero-order valence-electron chi connectivity index (χ0n) is 15.7. The normalized spacial score (nSPS) is 10.5. The summed E-state index contributed by atoms with van der Waals surface area (Å²) in [5, 5.41) is 8.64. The maximum absolute atomic E-state index is 12.5. The average Bonchev–Trinajstić information content (AvgIpc) is 3.27. The van der Waals surface area contributed by atoms with E-state index >= 15 is 0 Å². The first kappa shape index (κ1) is 19.0. The fraction of sp³-hybridized carbons (Fsp3) is 0.0455. The summed E-state index contributed by atoms with van der Waals surface area (Å²) in [5.41, 5.74) is 0.620. The fourth-order valence-corrected chi connectivity index (χ4v) is 2.81. The van der Waals surface area contributed by atoms with Gasteiger partial charge in [-0.25, -0.2) is 9.59 Å². The molecule has 0 fully saturated rings. The summed E-state index contributed by atoms with van der Waals surface area (Å²) >= 11 is 0. The summed E-state index contributed by atoms with van der Waals surface area (Å²) in [6.07, 6.45) is 1.53. The molecule has 0 aliphatic heterocycles. The number of hydrogen-bond acceptors (Lipinski definition) is 5. The number of carbonyl (C=O) groups excluding carboxylic acids is 2. The number of carbonyl (C=O) groups is 2. The largest absolute Gasteiger partial charge is 0.467 e. The van der Waals surface area contributed by atoms with Gasteiger partial charge in [-0.15, -0.1) is 0 Å². The molecule has 0 bridgehead atoms. The highest BCUT2D eigenvalue weighted by Gasteiger charge is 2.14. The molecule has 3 amide bonds. The third-order valence-electron chi connectivity index (χ3n) is 4.29. The molecular weight excluding hydrogens is 386 g/mol. The van der Waals surface area contributed by atoms with Gasteiger partial charge in [0.15, 0.2) is 0 Å². The molecule has 8 nitrogen and oxygen atoms in total. The highest BCUT2D eigenvalue weighted by Crippen LogP contribution is 2.16. The summed E-state index contributed by atoms with van der Waals surface area (Å²) in [6, 6.07) is 18.0. The number of amides is 3. The molecule has 4 rings (SSSR count). The molecule has 0 unspecified atom stereocenters. The van der Waals surface area contributed by atoms with E-state index in [0.29, 0.717) is 28.1 Å². The number of rotatable bonds is 5. The Morgan fingerprint density at radius 1 is 0.867 bits per heavy atom. The molecule has 0 saturated carbocycles. The summed E-state index contributed by atoms with van der Waals surface area (Å²) < 4.78 is 10.3. The number of anilines is 2. The number of nitrogens with one attached hydrogen (secondary N) is 3. The van der Waals surface area contributed by atoms with E-state index in [1.807, 2.05) is 0 Å². The van der Waals surface area contributed by atoms with Gasteiger partial charge in [0.1, 0.15) is 16.9 Å². The van der Waals surface area contributed by atoms with Gasteiger partial charge in [0.05, 0.1) is 12.8 Å². The van der Waals surface area contributed by atoms with Crippen LogP contribution < -0.4 is 21.6 Å². The van der Waals surface area contributed by atoms with Crippen molar-refractivity contribution >= 4 is 34.3 Å². The minimum absolute atomic E-state index is 0.0896. The topological polar surface area (TPSA) is 114 Å². The van der Waals surface area contributed by atoms with E-state index in [0.717, 1.165) is 0 Å². The van der Waals surface area contributed by atoms with Gasteiger partial charge in [-0.3, -0.25) is 4.79 Å². The third kappa shape index (κ3) is 4.39. The van der Waals surface area contributed by atoms with Crippen molar-refractivity contribution in [1.82, 2.24) is 5.32 Å². The van der Waals surface area contributed by atoms with Crippen LogP contribution in [-0.4, -0.2) is 11.9 Å². The van der Waals surface area contributed by atoms with Gasteiger partial charge in [-0.2, -0.15) is 0 Å². The monoisotopic (exact) mass is 403 g/mol. The number of furan rings is 1. The van der Waals surface area contributed by atoms with E-state index in [-0.39, 0.29) is 12.1 Å². The van der Waals surface area contributed by atoms with Gasteiger partial charge in [-0.1, -0.05) is 18.2 Å². The molecule has 0 spiro atoms. The van der Waals surface area contributed by atoms with Crippen LogP contribution in [0.15, 0.2) is 86.6 Å². The van der Waals surface area contributed by atoms with Gasteiger partial charge in [-0.05, 0) is 48.5 Å². The van der Waals surface area contributed by atoms with Crippen LogP contribution in [0, 0.1) is 0 Å². The van der Waals surface area contributed by atoms with Crippen molar-refractivity contribution in [3.05, 3.63) is 94.7 Å². The quantitative estimate of drug-likeness (QED) is 0.437. The Morgan fingerprint density at radius 2 is 1.60 bits per heavy atom. The van der Waals surface area contributed by atoms with E-state index in [9.17, 15) is 14.4 Å². The molecular formula is C22H17N3O5. The number of urea groups is 1. The van der Waals surface area contributed by atoms with Crippen molar-refractivity contribution in [2.24, 2.45) is 0 Å². The molecule has 0 aliphatic carbocycles.